The summed E-state index contributed by atoms with van der Waals surface area (Å²) in [7, 11) is 1.31. The largest absolute Gasteiger partial charge is 0.506 e. The minimum atomic E-state index is -1.66. The Morgan fingerprint density at radius 2 is 1.74 bits per heavy atom. The summed E-state index contributed by atoms with van der Waals surface area (Å²) in [6.45, 7) is -0.638. The first-order valence-corrected chi connectivity index (χ1v) is 9.61. The van der Waals surface area contributed by atoms with Gasteiger partial charge in [-0.2, -0.15) is 0 Å². The molecule has 0 saturated carbocycles. The molecule has 0 bridgehead atoms. The number of hydrogen-bond acceptors (Lipinski definition) is 9. The molecule has 0 unspecified atom stereocenters. The van der Waals surface area contributed by atoms with Crippen LogP contribution in [0.15, 0.2) is 51.7 Å². The molecule has 1 fully saturated rings. The van der Waals surface area contributed by atoms with Crippen molar-refractivity contribution in [1.29, 1.82) is 0 Å². The zero-order valence-corrected chi connectivity index (χ0v) is 16.5. The molecule has 1 aliphatic heterocycles. The number of fused-ring (bicyclic) bond motifs is 1. The zero-order chi connectivity index (χ0) is 22.3. The van der Waals surface area contributed by atoms with E-state index in [-0.39, 0.29) is 22.3 Å². The topological polar surface area (TPSA) is 150 Å². The fourth-order valence-electron chi connectivity index (χ4n) is 3.82. The van der Waals surface area contributed by atoms with E-state index in [2.05, 4.69) is 0 Å². The van der Waals surface area contributed by atoms with Crippen LogP contribution in [0.3, 0.4) is 0 Å². The molecule has 4 rings (SSSR count). The molecule has 2 heterocycles. The molecule has 2 aromatic carbocycles. The van der Waals surface area contributed by atoms with E-state index >= 15 is 0 Å². The van der Waals surface area contributed by atoms with Crippen molar-refractivity contribution in [3.8, 4) is 22.8 Å². The fraction of sp³-hybridized carbons (Fsp3) is 0.318. The molecule has 31 heavy (non-hydrogen) atoms. The number of ether oxygens (including phenoxy) is 2. The highest BCUT2D eigenvalue weighted by Crippen LogP contribution is 2.45. The standard InChI is InChI=1S/C22H22O9/c1-29-13-8-14-16(11(24)7-12(30-14)10-5-3-2-4-6-10)19(26)17(13)22-21(28)20(27)18(25)15(9-23)31-22/h2-8,15,18,20-23,25-28H,9H2,1H3/t15-,18-,20+,21-,22+/m1/s1. The maximum absolute atomic E-state index is 12.9. The van der Waals surface area contributed by atoms with Crippen molar-refractivity contribution in [1.82, 2.24) is 0 Å². The minimum Gasteiger partial charge on any atom is -0.506 e. The summed E-state index contributed by atoms with van der Waals surface area (Å²) >= 11 is 0. The SMILES string of the molecule is COc1cc2oc(-c3ccccc3)cc(=O)c2c(O)c1[C@@H]1O[C@H](CO)[C@@H](O)[C@H](O)[C@H]1O. The van der Waals surface area contributed by atoms with Gasteiger partial charge in [0, 0.05) is 17.7 Å². The maximum Gasteiger partial charge on any atom is 0.197 e. The second-order valence-electron chi connectivity index (χ2n) is 7.30. The molecular weight excluding hydrogens is 408 g/mol. The van der Waals surface area contributed by atoms with Gasteiger partial charge >= 0.3 is 0 Å². The van der Waals surface area contributed by atoms with Gasteiger partial charge in [-0.05, 0) is 0 Å². The Hall–Kier alpha value is -2.95. The average Bonchev–Trinajstić information content (AvgIpc) is 2.78. The first-order chi connectivity index (χ1) is 14.9. The molecule has 164 valence electrons. The Bertz CT molecular complexity index is 1140. The molecule has 1 saturated heterocycles. The zero-order valence-electron chi connectivity index (χ0n) is 16.5. The number of aliphatic hydroxyl groups excluding tert-OH is 4. The van der Waals surface area contributed by atoms with E-state index in [9.17, 15) is 30.3 Å². The minimum absolute atomic E-state index is 0.0303. The Labute approximate surface area is 176 Å². The number of hydrogen-bond donors (Lipinski definition) is 5. The van der Waals surface area contributed by atoms with E-state index in [0.717, 1.165) is 0 Å². The fourth-order valence-corrected chi connectivity index (χ4v) is 3.82. The Morgan fingerprint density at radius 1 is 1.03 bits per heavy atom. The molecule has 3 aromatic rings. The van der Waals surface area contributed by atoms with E-state index in [1.165, 1.54) is 19.2 Å². The van der Waals surface area contributed by atoms with Crippen molar-refractivity contribution in [2.24, 2.45) is 0 Å². The van der Waals surface area contributed by atoms with Crippen molar-refractivity contribution in [3.05, 3.63) is 58.3 Å². The molecule has 9 nitrogen and oxygen atoms in total. The normalized spacial score (nSPS) is 26.2. The second kappa shape index (κ2) is 8.29. The first-order valence-electron chi connectivity index (χ1n) is 9.61. The molecule has 0 aliphatic carbocycles. The molecule has 1 aromatic heterocycles. The van der Waals surface area contributed by atoms with Crippen molar-refractivity contribution < 1.29 is 39.4 Å². The van der Waals surface area contributed by atoms with E-state index in [0.29, 0.717) is 11.3 Å². The maximum atomic E-state index is 12.9. The van der Waals surface area contributed by atoms with Gasteiger partial charge in [-0.25, -0.2) is 0 Å². The Kier molecular flexibility index (Phi) is 5.69. The van der Waals surface area contributed by atoms with Crippen LogP contribution >= 0.6 is 0 Å². The van der Waals surface area contributed by atoms with Crippen molar-refractivity contribution >= 4 is 11.0 Å². The lowest BCUT2D eigenvalue weighted by Gasteiger charge is -2.40. The highest BCUT2D eigenvalue weighted by atomic mass is 16.5. The molecule has 0 spiro atoms. The van der Waals surface area contributed by atoms with E-state index < -0.39 is 48.3 Å². The third kappa shape index (κ3) is 3.56. The average molecular weight is 430 g/mol. The van der Waals surface area contributed by atoms with Crippen LogP contribution < -0.4 is 10.2 Å². The van der Waals surface area contributed by atoms with Crippen molar-refractivity contribution in [2.75, 3.05) is 13.7 Å². The van der Waals surface area contributed by atoms with Crippen molar-refractivity contribution in [3.63, 3.8) is 0 Å². The first kappa shape index (κ1) is 21.3. The van der Waals surface area contributed by atoms with Gasteiger partial charge in [0.05, 0.1) is 19.3 Å². The highest BCUT2D eigenvalue weighted by Gasteiger charge is 2.46. The van der Waals surface area contributed by atoms with Crippen LogP contribution in [0.1, 0.15) is 11.7 Å². The highest BCUT2D eigenvalue weighted by molar-refractivity contribution is 5.88. The monoisotopic (exact) mass is 430 g/mol. The molecule has 5 N–H and O–H groups in total. The summed E-state index contributed by atoms with van der Waals surface area (Å²) < 4.78 is 16.7. The van der Waals surface area contributed by atoms with Crippen LogP contribution in [-0.4, -0.2) is 63.7 Å². The third-order valence-electron chi connectivity index (χ3n) is 5.45. The summed E-state index contributed by atoms with van der Waals surface area (Å²) in [6.07, 6.45) is -7.47. The molecule has 9 heteroatoms. The predicted octanol–water partition coefficient (Wildman–Crippen LogP) is 0.689. The summed E-state index contributed by atoms with van der Waals surface area (Å²) in [4.78, 5) is 12.9. The van der Waals surface area contributed by atoms with Crippen LogP contribution in [-0.2, 0) is 4.74 Å². The van der Waals surface area contributed by atoms with Gasteiger partial charge in [0.25, 0.3) is 0 Å². The van der Waals surface area contributed by atoms with E-state index in [1.54, 1.807) is 24.3 Å². The Balaban J connectivity index is 1.90. The lowest BCUT2D eigenvalue weighted by molar-refractivity contribution is -0.232. The quantitative estimate of drug-likeness (QED) is 0.403. The summed E-state index contributed by atoms with van der Waals surface area (Å²) in [5.41, 5.74) is 0.0739. The summed E-state index contributed by atoms with van der Waals surface area (Å²) in [5.74, 6) is -0.227. The lowest BCUT2D eigenvalue weighted by atomic mass is 9.89. The molecule has 1 aliphatic rings. The second-order valence-corrected chi connectivity index (χ2v) is 7.30. The summed E-state index contributed by atoms with van der Waals surface area (Å²) in [5, 5.41) is 50.8. The molecule has 0 radical (unpaired) electrons. The molecular formula is C22H22O9. The van der Waals surface area contributed by atoms with E-state index in [4.69, 9.17) is 13.9 Å². The van der Waals surface area contributed by atoms with Gasteiger partial charge in [0.2, 0.25) is 0 Å². The number of methoxy groups -OCH3 is 1. The van der Waals surface area contributed by atoms with E-state index in [1.807, 2.05) is 6.07 Å². The Morgan fingerprint density at radius 3 is 2.39 bits per heavy atom. The number of aromatic hydroxyl groups is 1. The number of phenolic OH excluding ortho intramolecular Hbond substituents is 1. The van der Waals surface area contributed by atoms with Crippen molar-refractivity contribution in [2.45, 2.75) is 30.5 Å². The number of benzene rings is 2. The van der Waals surface area contributed by atoms with Crippen LogP contribution in [0, 0.1) is 0 Å². The van der Waals surface area contributed by atoms with Crippen LogP contribution in [0.4, 0.5) is 0 Å². The van der Waals surface area contributed by atoms with Gasteiger partial charge in [-0.1, -0.05) is 30.3 Å². The molecule has 0 amide bonds. The van der Waals surface area contributed by atoms with Gasteiger partial charge in [-0.3, -0.25) is 4.79 Å². The third-order valence-corrected chi connectivity index (χ3v) is 5.45. The number of rotatable bonds is 4. The number of aliphatic hydroxyl groups is 4. The van der Waals surface area contributed by atoms with Crippen LogP contribution in [0.5, 0.6) is 11.5 Å². The van der Waals surface area contributed by atoms with Crippen LogP contribution in [0.2, 0.25) is 0 Å². The predicted molar refractivity (Wildman–Crippen MR) is 109 cm³/mol. The molecule has 5 atom stereocenters. The number of phenols is 1. The van der Waals surface area contributed by atoms with Gasteiger partial charge < -0.3 is 39.4 Å². The van der Waals surface area contributed by atoms with Gasteiger partial charge in [0.15, 0.2) is 5.43 Å². The van der Waals surface area contributed by atoms with Crippen LogP contribution in [0.25, 0.3) is 22.3 Å². The lowest BCUT2D eigenvalue weighted by Crippen LogP contribution is -2.55. The van der Waals surface area contributed by atoms with Gasteiger partial charge in [-0.15, -0.1) is 0 Å². The smallest absolute Gasteiger partial charge is 0.197 e. The summed E-state index contributed by atoms with van der Waals surface area (Å²) in [6, 6.07) is 11.6. The van der Waals surface area contributed by atoms with Gasteiger partial charge in [0.1, 0.15) is 58.7 Å².